The van der Waals surface area contributed by atoms with Crippen LogP contribution in [0.1, 0.15) is 31.4 Å². The zero-order valence-corrected chi connectivity index (χ0v) is 16.1. The zero-order valence-electron chi connectivity index (χ0n) is 15.2. The van der Waals surface area contributed by atoms with Crippen LogP contribution in [0.25, 0.3) is 16.4 Å². The third-order valence-electron chi connectivity index (χ3n) is 3.62. The number of aromatic nitrogens is 3. The minimum absolute atomic E-state index is 0.0421. The van der Waals surface area contributed by atoms with Crippen LogP contribution in [0.4, 0.5) is 0 Å². The van der Waals surface area contributed by atoms with Crippen LogP contribution in [0, 0.1) is 0 Å². The van der Waals surface area contributed by atoms with Crippen LogP contribution in [-0.2, 0) is 9.53 Å². The summed E-state index contributed by atoms with van der Waals surface area (Å²) >= 11 is 1.50. The van der Waals surface area contributed by atoms with Crippen molar-refractivity contribution in [1.29, 1.82) is 0 Å². The van der Waals surface area contributed by atoms with Crippen molar-refractivity contribution in [2.45, 2.75) is 32.9 Å². The van der Waals surface area contributed by atoms with Gasteiger partial charge in [-0.1, -0.05) is 24.3 Å². The van der Waals surface area contributed by atoms with Gasteiger partial charge in [0.2, 0.25) is 0 Å². The monoisotopic (exact) mass is 384 g/mol. The van der Waals surface area contributed by atoms with Gasteiger partial charge < -0.3 is 10.1 Å². The molecule has 8 heteroatoms. The number of esters is 1. The molecular formula is C19H20N4O3S. The number of thiophene rings is 1. The van der Waals surface area contributed by atoms with Gasteiger partial charge in [0.05, 0.1) is 10.6 Å². The molecule has 0 saturated carbocycles. The summed E-state index contributed by atoms with van der Waals surface area (Å²) in [6.07, 6.45) is -0.936. The van der Waals surface area contributed by atoms with Gasteiger partial charge in [0.15, 0.2) is 11.9 Å². The molecule has 1 N–H and O–H groups in total. The van der Waals surface area contributed by atoms with E-state index in [-0.39, 0.29) is 17.8 Å². The summed E-state index contributed by atoms with van der Waals surface area (Å²) in [5.41, 5.74) is 0.776. The number of nitrogens with one attached hydrogen (secondary N) is 1. The first-order valence-electron chi connectivity index (χ1n) is 8.53. The molecule has 3 rings (SSSR count). The van der Waals surface area contributed by atoms with Crippen molar-refractivity contribution in [2.24, 2.45) is 0 Å². The third-order valence-corrected chi connectivity index (χ3v) is 4.48. The van der Waals surface area contributed by atoms with Crippen LogP contribution in [0.5, 0.6) is 0 Å². The molecule has 0 saturated heterocycles. The second-order valence-electron chi connectivity index (χ2n) is 6.19. The molecular weight excluding hydrogens is 364 g/mol. The van der Waals surface area contributed by atoms with E-state index in [1.54, 1.807) is 4.68 Å². The average molecular weight is 384 g/mol. The highest BCUT2D eigenvalue weighted by Gasteiger charge is 2.24. The predicted octanol–water partition coefficient (Wildman–Crippen LogP) is 3.07. The number of carbonyl (C=O) groups is 2. The smallest absolute Gasteiger partial charge is 0.379 e. The normalized spacial score (nSPS) is 12.0. The molecule has 27 heavy (non-hydrogen) atoms. The van der Waals surface area contributed by atoms with Crippen molar-refractivity contribution in [3.05, 3.63) is 53.7 Å². The fourth-order valence-electron chi connectivity index (χ4n) is 2.38. The molecule has 1 unspecified atom stereocenters. The molecule has 1 amide bonds. The predicted molar refractivity (Wildman–Crippen MR) is 103 cm³/mol. The largest absolute Gasteiger partial charge is 0.447 e. The van der Waals surface area contributed by atoms with E-state index < -0.39 is 12.1 Å². The second kappa shape index (κ2) is 8.13. The van der Waals surface area contributed by atoms with Crippen LogP contribution in [0.15, 0.2) is 47.8 Å². The van der Waals surface area contributed by atoms with E-state index in [0.717, 1.165) is 10.6 Å². The first kappa shape index (κ1) is 18.8. The number of para-hydroxylation sites is 1. The summed E-state index contributed by atoms with van der Waals surface area (Å²) in [4.78, 5) is 29.7. The number of hydrogen-bond donors (Lipinski definition) is 1. The van der Waals surface area contributed by atoms with E-state index in [1.807, 2.05) is 61.7 Å². The van der Waals surface area contributed by atoms with Gasteiger partial charge in [0.1, 0.15) is 0 Å². The third kappa shape index (κ3) is 4.40. The topological polar surface area (TPSA) is 86.1 Å². The molecule has 1 atom stereocenters. The molecule has 1 aromatic carbocycles. The molecule has 0 spiro atoms. The summed E-state index contributed by atoms with van der Waals surface area (Å²) < 4.78 is 6.83. The highest BCUT2D eigenvalue weighted by atomic mass is 32.1. The van der Waals surface area contributed by atoms with E-state index in [2.05, 4.69) is 15.4 Å². The lowest BCUT2D eigenvalue weighted by Crippen LogP contribution is -2.39. The maximum atomic E-state index is 12.5. The minimum atomic E-state index is -0.936. The fourth-order valence-corrected chi connectivity index (χ4v) is 3.08. The van der Waals surface area contributed by atoms with Crippen molar-refractivity contribution >= 4 is 23.2 Å². The van der Waals surface area contributed by atoms with E-state index in [9.17, 15) is 9.59 Å². The number of ether oxygens (including phenoxy) is 1. The lowest BCUT2D eigenvalue weighted by atomic mass is 10.3. The Kier molecular flexibility index (Phi) is 5.66. The molecule has 3 aromatic rings. The molecule has 7 nitrogen and oxygen atoms in total. The summed E-state index contributed by atoms with van der Waals surface area (Å²) in [5.74, 6) is -0.651. The summed E-state index contributed by atoms with van der Waals surface area (Å²) in [7, 11) is 0. The standard InChI is InChI=1S/C19H20N4O3S/c1-12(2)20-18(24)13(3)26-19(25)16-21-17(15-10-7-11-27-15)23(22-16)14-8-5-4-6-9-14/h4-13H,1-3H3,(H,20,24). The maximum Gasteiger partial charge on any atom is 0.379 e. The number of benzene rings is 1. The van der Waals surface area contributed by atoms with Crippen LogP contribution < -0.4 is 5.32 Å². The fraction of sp³-hybridized carbons (Fsp3) is 0.263. The molecule has 0 aliphatic heterocycles. The van der Waals surface area contributed by atoms with Crippen molar-refractivity contribution < 1.29 is 14.3 Å². The van der Waals surface area contributed by atoms with Gasteiger partial charge in [0, 0.05) is 6.04 Å². The zero-order chi connectivity index (χ0) is 19.4. The molecule has 140 valence electrons. The highest BCUT2D eigenvalue weighted by molar-refractivity contribution is 7.13. The Morgan fingerprint density at radius 3 is 2.48 bits per heavy atom. The quantitative estimate of drug-likeness (QED) is 0.660. The van der Waals surface area contributed by atoms with Crippen LogP contribution in [0.3, 0.4) is 0 Å². The molecule has 0 bridgehead atoms. The molecule has 2 aromatic heterocycles. The lowest BCUT2D eigenvalue weighted by molar-refractivity contribution is -0.129. The van der Waals surface area contributed by atoms with Gasteiger partial charge in [-0.25, -0.2) is 9.48 Å². The van der Waals surface area contributed by atoms with E-state index in [0.29, 0.717) is 5.82 Å². The number of nitrogens with zero attached hydrogens (tertiary/aromatic N) is 3. The molecule has 0 fully saturated rings. The first-order valence-corrected chi connectivity index (χ1v) is 9.41. The summed E-state index contributed by atoms with van der Waals surface area (Å²) in [5, 5.41) is 8.95. The number of rotatable bonds is 6. The van der Waals surface area contributed by atoms with E-state index >= 15 is 0 Å². The Labute approximate surface area is 161 Å². The Hall–Kier alpha value is -3.00. The van der Waals surface area contributed by atoms with E-state index in [1.165, 1.54) is 18.3 Å². The van der Waals surface area contributed by atoms with Crippen molar-refractivity contribution in [3.8, 4) is 16.4 Å². The van der Waals surface area contributed by atoms with Gasteiger partial charge in [-0.3, -0.25) is 4.79 Å². The van der Waals surface area contributed by atoms with Crippen LogP contribution in [-0.4, -0.2) is 38.8 Å². The van der Waals surface area contributed by atoms with Gasteiger partial charge in [0.25, 0.3) is 11.7 Å². The molecule has 0 aliphatic carbocycles. The van der Waals surface area contributed by atoms with Crippen LogP contribution in [0.2, 0.25) is 0 Å². The van der Waals surface area contributed by atoms with Gasteiger partial charge in [-0.2, -0.15) is 4.98 Å². The van der Waals surface area contributed by atoms with Gasteiger partial charge >= 0.3 is 5.97 Å². The maximum absolute atomic E-state index is 12.5. The number of hydrogen-bond acceptors (Lipinski definition) is 6. The number of carbonyl (C=O) groups excluding carboxylic acids is 2. The highest BCUT2D eigenvalue weighted by Crippen LogP contribution is 2.25. The summed E-state index contributed by atoms with van der Waals surface area (Å²) in [6.45, 7) is 5.19. The SMILES string of the molecule is CC(C)NC(=O)C(C)OC(=O)c1nc(-c2cccs2)n(-c2ccccc2)n1. The molecule has 0 radical (unpaired) electrons. The Morgan fingerprint density at radius 2 is 1.85 bits per heavy atom. The van der Waals surface area contributed by atoms with Crippen molar-refractivity contribution in [2.75, 3.05) is 0 Å². The van der Waals surface area contributed by atoms with E-state index in [4.69, 9.17) is 4.74 Å². The average Bonchev–Trinajstić information content (AvgIpc) is 3.31. The van der Waals surface area contributed by atoms with Gasteiger partial charge in [-0.15, -0.1) is 16.4 Å². The lowest BCUT2D eigenvalue weighted by Gasteiger charge is -2.14. The van der Waals surface area contributed by atoms with Crippen LogP contribution >= 0.6 is 11.3 Å². The molecule has 0 aliphatic rings. The summed E-state index contributed by atoms with van der Waals surface area (Å²) in [6, 6.07) is 13.2. The Bertz CT molecular complexity index is 920. The van der Waals surface area contributed by atoms with Crippen molar-refractivity contribution in [3.63, 3.8) is 0 Å². The molecule has 2 heterocycles. The first-order chi connectivity index (χ1) is 13.0. The second-order valence-corrected chi connectivity index (χ2v) is 7.14. The van der Waals surface area contributed by atoms with Crippen molar-refractivity contribution in [1.82, 2.24) is 20.1 Å². The Morgan fingerprint density at radius 1 is 1.11 bits per heavy atom. The Balaban J connectivity index is 1.88. The van der Waals surface area contributed by atoms with Gasteiger partial charge in [-0.05, 0) is 44.4 Å². The number of amides is 1. The minimum Gasteiger partial charge on any atom is -0.447 e.